The molecule has 0 saturated heterocycles. The largest absolute Gasteiger partial charge is 0.493 e. The Morgan fingerprint density at radius 1 is 0.900 bits per heavy atom. The van der Waals surface area contributed by atoms with E-state index in [-0.39, 0.29) is 5.91 Å². The second kappa shape index (κ2) is 8.43. The van der Waals surface area contributed by atoms with Gasteiger partial charge in [-0.2, -0.15) is 0 Å². The number of nitrogens with zero attached hydrogens (tertiary/aromatic N) is 1. The topological polar surface area (TPSA) is 60.5 Å². The second-order valence-electron chi connectivity index (χ2n) is 6.60. The number of para-hydroxylation sites is 1. The minimum absolute atomic E-state index is 0.240. The van der Waals surface area contributed by atoms with Crippen molar-refractivity contribution in [3.05, 3.63) is 83.4 Å². The van der Waals surface area contributed by atoms with Gasteiger partial charge in [-0.15, -0.1) is 0 Å². The number of halogens is 1. The number of aromatic nitrogens is 1. The second-order valence-corrected chi connectivity index (χ2v) is 7.04. The molecule has 4 rings (SSSR count). The Kier molecular flexibility index (Phi) is 5.55. The molecule has 150 valence electrons. The van der Waals surface area contributed by atoms with Gasteiger partial charge < -0.3 is 14.8 Å². The predicted octanol–water partition coefficient (Wildman–Crippen LogP) is 5.82. The third kappa shape index (κ3) is 3.93. The van der Waals surface area contributed by atoms with E-state index in [9.17, 15) is 4.79 Å². The van der Waals surface area contributed by atoms with Crippen LogP contribution in [0.1, 0.15) is 10.4 Å². The van der Waals surface area contributed by atoms with Crippen molar-refractivity contribution in [3.8, 4) is 22.8 Å². The molecule has 0 atom stereocenters. The minimum Gasteiger partial charge on any atom is -0.493 e. The predicted molar refractivity (Wildman–Crippen MR) is 120 cm³/mol. The number of carbonyl (C=O) groups excluding carboxylic acids is 1. The number of carbonyl (C=O) groups is 1. The Bertz CT molecular complexity index is 1220. The van der Waals surface area contributed by atoms with E-state index in [4.69, 9.17) is 26.1 Å². The summed E-state index contributed by atoms with van der Waals surface area (Å²) >= 11 is 6.01. The zero-order valence-corrected chi connectivity index (χ0v) is 17.2. The lowest BCUT2D eigenvalue weighted by Gasteiger charge is -2.13. The van der Waals surface area contributed by atoms with Crippen LogP contribution in [-0.2, 0) is 0 Å². The molecule has 1 aromatic heterocycles. The van der Waals surface area contributed by atoms with Crippen LogP contribution in [0.15, 0.2) is 72.8 Å². The van der Waals surface area contributed by atoms with Crippen molar-refractivity contribution in [2.24, 2.45) is 0 Å². The number of ether oxygens (including phenoxy) is 2. The third-order valence-corrected chi connectivity index (χ3v) is 4.99. The average Bonchev–Trinajstić information content (AvgIpc) is 2.78. The maximum Gasteiger partial charge on any atom is 0.256 e. The Morgan fingerprint density at radius 3 is 2.37 bits per heavy atom. The van der Waals surface area contributed by atoms with E-state index < -0.39 is 0 Å². The quantitative estimate of drug-likeness (QED) is 0.443. The van der Waals surface area contributed by atoms with Gasteiger partial charge in [0.15, 0.2) is 11.5 Å². The molecule has 0 aliphatic heterocycles. The van der Waals surface area contributed by atoms with Gasteiger partial charge in [0.05, 0.1) is 31.0 Å². The molecule has 5 nitrogen and oxygen atoms in total. The van der Waals surface area contributed by atoms with Gasteiger partial charge in [0.1, 0.15) is 0 Å². The zero-order valence-electron chi connectivity index (χ0n) is 16.5. The zero-order chi connectivity index (χ0) is 21.1. The first-order valence-electron chi connectivity index (χ1n) is 9.28. The van der Waals surface area contributed by atoms with Crippen LogP contribution >= 0.6 is 11.6 Å². The van der Waals surface area contributed by atoms with Crippen molar-refractivity contribution in [1.29, 1.82) is 0 Å². The first-order chi connectivity index (χ1) is 14.6. The molecule has 1 N–H and O–H groups in total. The number of pyridine rings is 1. The average molecular weight is 419 g/mol. The molecule has 3 aromatic carbocycles. The first-order valence-corrected chi connectivity index (χ1v) is 9.66. The van der Waals surface area contributed by atoms with Gasteiger partial charge in [-0.1, -0.05) is 41.9 Å². The van der Waals surface area contributed by atoms with Crippen molar-refractivity contribution in [1.82, 2.24) is 4.98 Å². The number of hydrogen-bond acceptors (Lipinski definition) is 4. The Hall–Kier alpha value is -3.57. The van der Waals surface area contributed by atoms with Gasteiger partial charge in [-0.05, 0) is 36.4 Å². The number of amides is 1. The molecule has 1 amide bonds. The highest BCUT2D eigenvalue weighted by molar-refractivity contribution is 6.30. The van der Waals surface area contributed by atoms with Crippen LogP contribution in [0, 0.1) is 0 Å². The Labute approximate surface area is 179 Å². The fraction of sp³-hybridized carbons (Fsp3) is 0.0833. The fourth-order valence-electron chi connectivity index (χ4n) is 3.24. The van der Waals surface area contributed by atoms with Crippen LogP contribution in [0.25, 0.3) is 22.2 Å². The molecule has 0 saturated carbocycles. The number of methoxy groups -OCH3 is 2. The Balaban J connectivity index is 1.75. The van der Waals surface area contributed by atoms with Gasteiger partial charge in [0.2, 0.25) is 0 Å². The van der Waals surface area contributed by atoms with Crippen molar-refractivity contribution >= 4 is 34.1 Å². The van der Waals surface area contributed by atoms with Gasteiger partial charge in [0.25, 0.3) is 5.91 Å². The van der Waals surface area contributed by atoms with E-state index in [2.05, 4.69) is 5.32 Å². The number of fused-ring (bicyclic) bond motifs is 1. The van der Waals surface area contributed by atoms with Crippen LogP contribution in [0.2, 0.25) is 5.02 Å². The molecule has 0 unspecified atom stereocenters. The molecule has 0 radical (unpaired) electrons. The lowest BCUT2D eigenvalue weighted by Crippen LogP contribution is -2.13. The summed E-state index contributed by atoms with van der Waals surface area (Å²) in [6, 6.07) is 22.0. The van der Waals surface area contributed by atoms with E-state index in [1.54, 1.807) is 50.6 Å². The number of anilines is 1. The van der Waals surface area contributed by atoms with Gasteiger partial charge in [0, 0.05) is 27.7 Å². The molecule has 6 heteroatoms. The highest BCUT2D eigenvalue weighted by Crippen LogP contribution is 2.31. The van der Waals surface area contributed by atoms with Crippen LogP contribution in [0.5, 0.6) is 11.5 Å². The van der Waals surface area contributed by atoms with Gasteiger partial charge in [-0.25, -0.2) is 4.98 Å². The maximum atomic E-state index is 13.2. The lowest BCUT2D eigenvalue weighted by molar-refractivity contribution is 0.102. The number of hydrogen-bond donors (Lipinski definition) is 1. The van der Waals surface area contributed by atoms with Crippen LogP contribution in [0.3, 0.4) is 0 Å². The smallest absolute Gasteiger partial charge is 0.256 e. The lowest BCUT2D eigenvalue weighted by atomic mass is 10.0. The summed E-state index contributed by atoms with van der Waals surface area (Å²) in [5.41, 5.74) is 3.45. The summed E-state index contributed by atoms with van der Waals surface area (Å²) in [6.45, 7) is 0. The standard InChI is InChI=1S/C24H19ClN2O3/c1-29-22-12-11-17(13-23(22)30-2)26-24(28)19-14-21(15-7-9-16(25)10-8-15)27-20-6-4-3-5-18(19)20/h3-14H,1-2H3,(H,26,28). The molecular formula is C24H19ClN2O3. The molecule has 0 bridgehead atoms. The van der Waals surface area contributed by atoms with Gasteiger partial charge >= 0.3 is 0 Å². The van der Waals surface area contributed by atoms with Crippen molar-refractivity contribution in [3.63, 3.8) is 0 Å². The van der Waals surface area contributed by atoms with E-state index in [0.717, 1.165) is 16.5 Å². The van der Waals surface area contributed by atoms with Crippen molar-refractivity contribution < 1.29 is 14.3 Å². The van der Waals surface area contributed by atoms with Crippen LogP contribution < -0.4 is 14.8 Å². The SMILES string of the molecule is COc1ccc(NC(=O)c2cc(-c3ccc(Cl)cc3)nc3ccccc23)cc1OC. The molecule has 0 aliphatic carbocycles. The summed E-state index contributed by atoms with van der Waals surface area (Å²) < 4.78 is 10.6. The molecule has 30 heavy (non-hydrogen) atoms. The monoisotopic (exact) mass is 418 g/mol. The summed E-state index contributed by atoms with van der Waals surface area (Å²) in [4.78, 5) is 17.9. The molecule has 0 fully saturated rings. The number of nitrogens with one attached hydrogen (secondary N) is 1. The molecule has 0 spiro atoms. The molecule has 0 aliphatic rings. The summed E-state index contributed by atoms with van der Waals surface area (Å²) in [7, 11) is 3.12. The molecule has 1 heterocycles. The van der Waals surface area contributed by atoms with Crippen molar-refractivity contribution in [2.45, 2.75) is 0 Å². The third-order valence-electron chi connectivity index (χ3n) is 4.74. The maximum absolute atomic E-state index is 13.2. The van der Waals surface area contributed by atoms with E-state index in [1.165, 1.54) is 0 Å². The van der Waals surface area contributed by atoms with E-state index in [1.807, 2.05) is 36.4 Å². The highest BCUT2D eigenvalue weighted by atomic mass is 35.5. The Morgan fingerprint density at radius 2 is 1.63 bits per heavy atom. The van der Waals surface area contributed by atoms with Crippen LogP contribution in [-0.4, -0.2) is 25.1 Å². The van der Waals surface area contributed by atoms with Crippen molar-refractivity contribution in [2.75, 3.05) is 19.5 Å². The molecule has 4 aromatic rings. The normalized spacial score (nSPS) is 10.6. The summed E-state index contributed by atoms with van der Waals surface area (Å²) in [6.07, 6.45) is 0. The molecular weight excluding hydrogens is 400 g/mol. The van der Waals surface area contributed by atoms with Crippen LogP contribution in [0.4, 0.5) is 5.69 Å². The summed E-state index contributed by atoms with van der Waals surface area (Å²) in [5.74, 6) is 0.891. The number of benzene rings is 3. The number of rotatable bonds is 5. The van der Waals surface area contributed by atoms with E-state index in [0.29, 0.717) is 33.5 Å². The van der Waals surface area contributed by atoms with E-state index >= 15 is 0 Å². The minimum atomic E-state index is -0.240. The van der Waals surface area contributed by atoms with Gasteiger partial charge in [-0.3, -0.25) is 4.79 Å². The summed E-state index contributed by atoms with van der Waals surface area (Å²) in [5, 5.41) is 4.36. The fourth-order valence-corrected chi connectivity index (χ4v) is 3.37. The highest BCUT2D eigenvalue weighted by Gasteiger charge is 2.15. The first kappa shape index (κ1) is 19.7.